The van der Waals surface area contributed by atoms with Gasteiger partial charge in [-0.2, -0.15) is 0 Å². The molecule has 2 aromatic carbocycles. The molecule has 0 aliphatic rings. The van der Waals surface area contributed by atoms with E-state index in [4.69, 9.17) is 32.7 Å². The van der Waals surface area contributed by atoms with Crippen molar-refractivity contribution in [1.29, 1.82) is 0 Å². The van der Waals surface area contributed by atoms with Crippen molar-refractivity contribution in [3.05, 3.63) is 52.5 Å². The monoisotopic (exact) mass is 438 g/mol. The van der Waals surface area contributed by atoms with E-state index in [1.54, 1.807) is 37.4 Å². The molecule has 0 unspecified atom stereocenters. The van der Waals surface area contributed by atoms with Gasteiger partial charge < -0.3 is 19.7 Å². The number of amides is 2. The van der Waals surface area contributed by atoms with Gasteiger partial charge in [-0.15, -0.1) is 0 Å². The lowest BCUT2D eigenvalue weighted by atomic mass is 10.3. The van der Waals surface area contributed by atoms with E-state index >= 15 is 0 Å². The highest BCUT2D eigenvalue weighted by Gasteiger charge is 2.17. The summed E-state index contributed by atoms with van der Waals surface area (Å²) in [6.45, 7) is 2.53. The molecular weight excluding hydrogens is 415 g/mol. The Morgan fingerprint density at radius 1 is 1.10 bits per heavy atom. The third-order valence-corrected chi connectivity index (χ3v) is 4.58. The summed E-state index contributed by atoms with van der Waals surface area (Å²) in [4.78, 5) is 26.4. The number of halogens is 2. The van der Waals surface area contributed by atoms with E-state index in [0.717, 1.165) is 6.42 Å². The van der Waals surface area contributed by atoms with Gasteiger partial charge in [0, 0.05) is 11.6 Å². The molecule has 6 nitrogen and oxygen atoms in total. The van der Waals surface area contributed by atoms with Gasteiger partial charge >= 0.3 is 0 Å². The molecule has 0 atom stereocenters. The second kappa shape index (κ2) is 11.5. The standard InChI is InChI=1S/C21H24Cl2N2O4/c1-3-11-25(14-20(26)24-17-9-8-15(22)13-16(17)23)21(27)10-12-29-19-7-5-4-6-18(19)28-2/h4-9,13H,3,10-12,14H2,1-2H3,(H,24,26). The molecular formula is C21H24Cl2N2O4. The Hall–Kier alpha value is -2.44. The summed E-state index contributed by atoms with van der Waals surface area (Å²) in [5.41, 5.74) is 0.449. The number of hydrogen-bond donors (Lipinski definition) is 1. The van der Waals surface area contributed by atoms with Crippen molar-refractivity contribution < 1.29 is 19.1 Å². The fourth-order valence-electron chi connectivity index (χ4n) is 2.66. The average molecular weight is 439 g/mol. The zero-order valence-electron chi connectivity index (χ0n) is 16.4. The molecule has 2 rings (SSSR count). The fourth-order valence-corrected chi connectivity index (χ4v) is 3.12. The summed E-state index contributed by atoms with van der Waals surface area (Å²) in [5.74, 6) is 0.672. The Bertz CT molecular complexity index is 845. The van der Waals surface area contributed by atoms with Crippen LogP contribution in [0.3, 0.4) is 0 Å². The molecule has 29 heavy (non-hydrogen) atoms. The van der Waals surface area contributed by atoms with Crippen LogP contribution < -0.4 is 14.8 Å². The predicted molar refractivity (Wildman–Crippen MR) is 115 cm³/mol. The van der Waals surface area contributed by atoms with Gasteiger partial charge in [-0.05, 0) is 36.8 Å². The Morgan fingerprint density at radius 3 is 2.48 bits per heavy atom. The third kappa shape index (κ3) is 7.15. The van der Waals surface area contributed by atoms with Crippen molar-refractivity contribution in [3.8, 4) is 11.5 Å². The fraction of sp³-hybridized carbons (Fsp3) is 0.333. The summed E-state index contributed by atoms with van der Waals surface area (Å²) in [6.07, 6.45) is 0.876. The van der Waals surface area contributed by atoms with Crippen LogP contribution >= 0.6 is 23.2 Å². The van der Waals surface area contributed by atoms with Gasteiger partial charge in [0.25, 0.3) is 0 Å². The molecule has 0 bridgehead atoms. The quantitative estimate of drug-likeness (QED) is 0.585. The molecule has 8 heteroatoms. The highest BCUT2D eigenvalue weighted by molar-refractivity contribution is 6.36. The summed E-state index contributed by atoms with van der Waals surface area (Å²) in [5, 5.41) is 3.52. The van der Waals surface area contributed by atoms with Gasteiger partial charge in [-0.25, -0.2) is 0 Å². The Balaban J connectivity index is 1.90. The lowest BCUT2D eigenvalue weighted by Gasteiger charge is -2.22. The van der Waals surface area contributed by atoms with Gasteiger partial charge in [0.05, 0.1) is 37.4 Å². The van der Waals surface area contributed by atoms with E-state index < -0.39 is 0 Å². The highest BCUT2D eigenvalue weighted by Crippen LogP contribution is 2.26. The summed E-state index contributed by atoms with van der Waals surface area (Å²) in [6, 6.07) is 12.0. The summed E-state index contributed by atoms with van der Waals surface area (Å²) in [7, 11) is 1.56. The maximum absolute atomic E-state index is 12.6. The van der Waals surface area contributed by atoms with Crippen molar-refractivity contribution in [2.45, 2.75) is 19.8 Å². The first kappa shape index (κ1) is 22.8. The third-order valence-electron chi connectivity index (χ3n) is 4.03. The Kier molecular flexibility index (Phi) is 9.09. The van der Waals surface area contributed by atoms with Crippen molar-refractivity contribution in [2.75, 3.05) is 32.1 Å². The number of ether oxygens (including phenoxy) is 2. The predicted octanol–water partition coefficient (Wildman–Crippen LogP) is 4.65. The van der Waals surface area contributed by atoms with Crippen LogP contribution in [0.4, 0.5) is 5.69 Å². The first-order chi connectivity index (χ1) is 13.9. The number of rotatable bonds is 10. The number of carbonyl (C=O) groups excluding carboxylic acids is 2. The SMILES string of the molecule is CCCN(CC(=O)Nc1ccc(Cl)cc1Cl)C(=O)CCOc1ccccc1OC. The van der Waals surface area contributed by atoms with Crippen LogP contribution in [0.2, 0.25) is 10.0 Å². The Morgan fingerprint density at radius 2 is 1.83 bits per heavy atom. The van der Waals surface area contributed by atoms with E-state index in [0.29, 0.717) is 33.8 Å². The molecule has 0 saturated heterocycles. The van der Waals surface area contributed by atoms with Crippen molar-refractivity contribution in [3.63, 3.8) is 0 Å². The molecule has 0 radical (unpaired) electrons. The molecule has 0 fully saturated rings. The topological polar surface area (TPSA) is 67.9 Å². The molecule has 0 aliphatic heterocycles. The van der Waals surface area contributed by atoms with Crippen molar-refractivity contribution >= 4 is 40.7 Å². The Labute approximate surface area is 180 Å². The van der Waals surface area contributed by atoms with Crippen LogP contribution in [0, 0.1) is 0 Å². The lowest BCUT2D eigenvalue weighted by Crippen LogP contribution is -2.39. The number of nitrogens with one attached hydrogen (secondary N) is 1. The van der Waals surface area contributed by atoms with Crippen LogP contribution in [-0.2, 0) is 9.59 Å². The second-order valence-electron chi connectivity index (χ2n) is 6.24. The molecule has 0 aromatic heterocycles. The number of hydrogen-bond acceptors (Lipinski definition) is 4. The maximum Gasteiger partial charge on any atom is 0.244 e. The minimum Gasteiger partial charge on any atom is -0.493 e. The molecule has 156 valence electrons. The number of para-hydroxylation sites is 2. The maximum atomic E-state index is 12.6. The molecule has 0 saturated carbocycles. The zero-order chi connectivity index (χ0) is 21.2. The molecule has 0 heterocycles. The highest BCUT2D eigenvalue weighted by atomic mass is 35.5. The second-order valence-corrected chi connectivity index (χ2v) is 7.08. The number of anilines is 1. The van der Waals surface area contributed by atoms with Crippen LogP contribution in [0.25, 0.3) is 0 Å². The smallest absolute Gasteiger partial charge is 0.244 e. The van der Waals surface area contributed by atoms with Crippen LogP contribution in [0.1, 0.15) is 19.8 Å². The van der Waals surface area contributed by atoms with Gasteiger partial charge in [-0.3, -0.25) is 9.59 Å². The summed E-state index contributed by atoms with van der Waals surface area (Å²) < 4.78 is 10.9. The van der Waals surface area contributed by atoms with Crippen LogP contribution in [0.5, 0.6) is 11.5 Å². The van der Waals surface area contributed by atoms with E-state index in [2.05, 4.69) is 5.32 Å². The average Bonchev–Trinajstić information content (AvgIpc) is 2.70. The first-order valence-electron chi connectivity index (χ1n) is 9.23. The normalized spacial score (nSPS) is 10.3. The minimum absolute atomic E-state index is 0.0692. The van der Waals surface area contributed by atoms with Crippen LogP contribution in [-0.4, -0.2) is 43.5 Å². The van der Waals surface area contributed by atoms with E-state index in [1.165, 1.54) is 4.90 Å². The van der Waals surface area contributed by atoms with Gasteiger partial charge in [-0.1, -0.05) is 42.3 Å². The van der Waals surface area contributed by atoms with E-state index in [9.17, 15) is 9.59 Å². The van der Waals surface area contributed by atoms with Crippen molar-refractivity contribution in [1.82, 2.24) is 4.90 Å². The number of carbonyl (C=O) groups is 2. The molecule has 2 amide bonds. The van der Waals surface area contributed by atoms with E-state index in [-0.39, 0.29) is 31.4 Å². The van der Waals surface area contributed by atoms with Gasteiger partial charge in [0.2, 0.25) is 11.8 Å². The van der Waals surface area contributed by atoms with E-state index in [1.807, 2.05) is 19.1 Å². The van der Waals surface area contributed by atoms with Crippen LogP contribution in [0.15, 0.2) is 42.5 Å². The molecule has 1 N–H and O–H groups in total. The number of methoxy groups -OCH3 is 1. The molecule has 2 aromatic rings. The zero-order valence-corrected chi connectivity index (χ0v) is 17.9. The van der Waals surface area contributed by atoms with Gasteiger partial charge in [0.15, 0.2) is 11.5 Å². The number of benzene rings is 2. The number of nitrogens with zero attached hydrogens (tertiary/aromatic N) is 1. The lowest BCUT2D eigenvalue weighted by molar-refractivity contribution is -0.135. The minimum atomic E-state index is -0.332. The largest absolute Gasteiger partial charge is 0.493 e. The van der Waals surface area contributed by atoms with Crippen molar-refractivity contribution in [2.24, 2.45) is 0 Å². The molecule has 0 aliphatic carbocycles. The van der Waals surface area contributed by atoms with Gasteiger partial charge in [0.1, 0.15) is 0 Å². The first-order valence-corrected chi connectivity index (χ1v) is 9.98. The molecule has 0 spiro atoms. The summed E-state index contributed by atoms with van der Waals surface area (Å²) >= 11 is 11.9.